The Bertz CT molecular complexity index is 343. The summed E-state index contributed by atoms with van der Waals surface area (Å²) < 4.78 is 0. The van der Waals surface area contributed by atoms with Crippen LogP contribution in [0.3, 0.4) is 0 Å². The molecule has 1 aromatic rings. The summed E-state index contributed by atoms with van der Waals surface area (Å²) in [6.07, 6.45) is 4.84. The van der Waals surface area contributed by atoms with Gasteiger partial charge in [-0.05, 0) is 37.6 Å². The number of amides is 1. The van der Waals surface area contributed by atoms with Crippen LogP contribution in [0, 0.1) is 0 Å². The van der Waals surface area contributed by atoms with E-state index in [1.807, 2.05) is 19.1 Å². The molecule has 0 heterocycles. The summed E-state index contributed by atoms with van der Waals surface area (Å²) in [7, 11) is 0. The van der Waals surface area contributed by atoms with Crippen LogP contribution in [0.1, 0.15) is 23.7 Å². The minimum Gasteiger partial charge on any atom is -0.352 e. The minimum absolute atomic E-state index is 0.0591. The van der Waals surface area contributed by atoms with Crippen LogP contribution < -0.4 is 5.32 Å². The molecule has 0 spiro atoms. The molecule has 0 bridgehead atoms. The van der Waals surface area contributed by atoms with Gasteiger partial charge >= 0.3 is 0 Å². The maximum atomic E-state index is 11.5. The van der Waals surface area contributed by atoms with Gasteiger partial charge in [-0.15, -0.1) is 0 Å². The maximum absolute atomic E-state index is 11.5. The van der Waals surface area contributed by atoms with Crippen molar-refractivity contribution in [3.8, 4) is 0 Å². The largest absolute Gasteiger partial charge is 0.352 e. The van der Waals surface area contributed by atoms with E-state index in [0.29, 0.717) is 17.1 Å². The van der Waals surface area contributed by atoms with E-state index in [4.69, 9.17) is 11.6 Å². The first-order chi connectivity index (χ1) is 7.24. The zero-order valence-electron chi connectivity index (χ0n) is 8.66. The smallest absolute Gasteiger partial charge is 0.251 e. The summed E-state index contributed by atoms with van der Waals surface area (Å²) in [6.45, 7) is 2.62. The zero-order valence-corrected chi connectivity index (χ0v) is 9.42. The molecule has 1 rings (SSSR count). The molecule has 0 aliphatic rings. The van der Waals surface area contributed by atoms with Crippen LogP contribution in [-0.4, -0.2) is 12.5 Å². The fourth-order valence-corrected chi connectivity index (χ4v) is 1.27. The predicted molar refractivity (Wildman–Crippen MR) is 63.2 cm³/mol. The van der Waals surface area contributed by atoms with Gasteiger partial charge in [0.05, 0.1) is 0 Å². The molecule has 80 valence electrons. The van der Waals surface area contributed by atoms with E-state index in [2.05, 4.69) is 5.32 Å². The number of carbonyl (C=O) groups is 1. The number of allylic oxidation sites excluding steroid dienone is 1. The number of hydrogen-bond donors (Lipinski definition) is 1. The molecule has 1 N–H and O–H groups in total. The van der Waals surface area contributed by atoms with Crippen LogP contribution in [0.15, 0.2) is 36.4 Å². The van der Waals surface area contributed by atoms with Gasteiger partial charge in [0.25, 0.3) is 5.91 Å². The molecular weight excluding hydrogens is 210 g/mol. The van der Waals surface area contributed by atoms with Gasteiger partial charge in [-0.25, -0.2) is 0 Å². The number of halogens is 1. The third-order valence-electron chi connectivity index (χ3n) is 1.94. The zero-order chi connectivity index (χ0) is 11.1. The Kier molecular flexibility index (Phi) is 4.91. The molecule has 0 unspecified atom stereocenters. The second-order valence-electron chi connectivity index (χ2n) is 3.12. The standard InChI is InChI=1S/C12H14ClNO/c1-2-3-4-9-14-12(15)10-5-7-11(13)8-6-10/h2-3,5-8H,4,9H2,1H3,(H,14,15)/b3-2+. The lowest BCUT2D eigenvalue weighted by Gasteiger charge is -2.03. The molecule has 0 aromatic heterocycles. The molecule has 0 aliphatic carbocycles. The Labute approximate surface area is 94.9 Å². The number of nitrogens with one attached hydrogen (secondary N) is 1. The maximum Gasteiger partial charge on any atom is 0.251 e. The van der Waals surface area contributed by atoms with Crippen LogP contribution in [0.4, 0.5) is 0 Å². The van der Waals surface area contributed by atoms with Crippen LogP contribution in [0.2, 0.25) is 5.02 Å². The van der Waals surface area contributed by atoms with Crippen molar-refractivity contribution in [3.05, 3.63) is 47.0 Å². The van der Waals surface area contributed by atoms with Crippen molar-refractivity contribution in [1.82, 2.24) is 5.32 Å². The van der Waals surface area contributed by atoms with Crippen LogP contribution in [-0.2, 0) is 0 Å². The molecule has 0 atom stereocenters. The molecule has 3 heteroatoms. The van der Waals surface area contributed by atoms with Gasteiger partial charge in [0.2, 0.25) is 0 Å². The molecule has 1 amide bonds. The SMILES string of the molecule is C/C=C/CCNC(=O)c1ccc(Cl)cc1. The van der Waals surface area contributed by atoms with Gasteiger partial charge < -0.3 is 5.32 Å². The minimum atomic E-state index is -0.0591. The van der Waals surface area contributed by atoms with Gasteiger partial charge in [0, 0.05) is 17.1 Å². The van der Waals surface area contributed by atoms with Gasteiger partial charge in [-0.1, -0.05) is 23.8 Å². The third-order valence-corrected chi connectivity index (χ3v) is 2.19. The second kappa shape index (κ2) is 6.25. The molecular formula is C12H14ClNO. The summed E-state index contributed by atoms with van der Waals surface area (Å²) in [5.74, 6) is -0.0591. The lowest BCUT2D eigenvalue weighted by Crippen LogP contribution is -2.23. The lowest BCUT2D eigenvalue weighted by atomic mass is 10.2. The van der Waals surface area contributed by atoms with Crippen molar-refractivity contribution in [2.45, 2.75) is 13.3 Å². The van der Waals surface area contributed by atoms with E-state index in [1.54, 1.807) is 24.3 Å². The number of benzene rings is 1. The van der Waals surface area contributed by atoms with Gasteiger partial charge in [0.15, 0.2) is 0 Å². The van der Waals surface area contributed by atoms with Gasteiger partial charge in [0.1, 0.15) is 0 Å². The van der Waals surface area contributed by atoms with E-state index in [-0.39, 0.29) is 5.91 Å². The lowest BCUT2D eigenvalue weighted by molar-refractivity contribution is 0.0954. The van der Waals surface area contributed by atoms with E-state index in [1.165, 1.54) is 0 Å². The Morgan fingerprint density at radius 1 is 1.40 bits per heavy atom. The fourth-order valence-electron chi connectivity index (χ4n) is 1.14. The first-order valence-corrected chi connectivity index (χ1v) is 5.26. The van der Waals surface area contributed by atoms with E-state index >= 15 is 0 Å². The van der Waals surface area contributed by atoms with E-state index < -0.39 is 0 Å². The number of hydrogen-bond acceptors (Lipinski definition) is 1. The molecule has 1 aromatic carbocycles. The van der Waals surface area contributed by atoms with Crippen molar-refractivity contribution < 1.29 is 4.79 Å². The monoisotopic (exact) mass is 223 g/mol. The van der Waals surface area contributed by atoms with Gasteiger partial charge in [-0.3, -0.25) is 4.79 Å². The van der Waals surface area contributed by atoms with Crippen LogP contribution in [0.25, 0.3) is 0 Å². The summed E-state index contributed by atoms with van der Waals surface area (Å²) in [5, 5.41) is 3.46. The highest BCUT2D eigenvalue weighted by atomic mass is 35.5. The Hall–Kier alpha value is -1.28. The molecule has 0 radical (unpaired) electrons. The topological polar surface area (TPSA) is 29.1 Å². The second-order valence-corrected chi connectivity index (χ2v) is 3.56. The molecule has 0 fully saturated rings. The molecule has 0 saturated carbocycles. The van der Waals surface area contributed by atoms with Crippen molar-refractivity contribution in [2.24, 2.45) is 0 Å². The van der Waals surface area contributed by atoms with E-state index in [9.17, 15) is 4.79 Å². The molecule has 0 aliphatic heterocycles. The molecule has 0 saturated heterocycles. The highest BCUT2D eigenvalue weighted by Crippen LogP contribution is 2.09. The Morgan fingerprint density at radius 2 is 2.07 bits per heavy atom. The van der Waals surface area contributed by atoms with Crippen LogP contribution >= 0.6 is 11.6 Å². The summed E-state index contributed by atoms with van der Waals surface area (Å²) in [5.41, 5.74) is 0.639. The quantitative estimate of drug-likeness (QED) is 0.617. The van der Waals surface area contributed by atoms with Crippen molar-refractivity contribution in [1.29, 1.82) is 0 Å². The number of rotatable bonds is 4. The van der Waals surface area contributed by atoms with Crippen molar-refractivity contribution in [2.75, 3.05) is 6.54 Å². The van der Waals surface area contributed by atoms with Crippen molar-refractivity contribution in [3.63, 3.8) is 0 Å². The predicted octanol–water partition coefficient (Wildman–Crippen LogP) is 3.04. The normalized spacial score (nSPS) is 10.5. The first kappa shape index (κ1) is 11.8. The fraction of sp³-hybridized carbons (Fsp3) is 0.250. The van der Waals surface area contributed by atoms with E-state index in [0.717, 1.165) is 6.42 Å². The van der Waals surface area contributed by atoms with Gasteiger partial charge in [-0.2, -0.15) is 0 Å². The summed E-state index contributed by atoms with van der Waals surface area (Å²) in [4.78, 5) is 11.5. The summed E-state index contributed by atoms with van der Waals surface area (Å²) in [6, 6.07) is 6.85. The molecule has 2 nitrogen and oxygen atoms in total. The van der Waals surface area contributed by atoms with Crippen LogP contribution in [0.5, 0.6) is 0 Å². The highest BCUT2D eigenvalue weighted by Gasteiger charge is 2.02. The average Bonchev–Trinajstić information content (AvgIpc) is 2.25. The average molecular weight is 224 g/mol. The Balaban J connectivity index is 2.43. The van der Waals surface area contributed by atoms with Crippen molar-refractivity contribution >= 4 is 17.5 Å². The first-order valence-electron chi connectivity index (χ1n) is 4.89. The number of carbonyl (C=O) groups excluding carboxylic acids is 1. The molecule has 15 heavy (non-hydrogen) atoms. The third kappa shape index (κ3) is 4.17. The summed E-state index contributed by atoms with van der Waals surface area (Å²) >= 11 is 5.72. The Morgan fingerprint density at radius 3 is 2.67 bits per heavy atom. The highest BCUT2D eigenvalue weighted by molar-refractivity contribution is 6.30.